The predicted octanol–water partition coefficient (Wildman–Crippen LogP) is 5.25. The summed E-state index contributed by atoms with van der Waals surface area (Å²) in [5.74, 6) is -0.184. The van der Waals surface area contributed by atoms with E-state index in [1.54, 1.807) is 92.0 Å². The fourth-order valence-corrected chi connectivity index (χ4v) is 3.50. The number of ether oxygens (including phenoxy) is 1. The van der Waals surface area contributed by atoms with Crippen molar-refractivity contribution in [2.24, 2.45) is 0 Å². The average Bonchev–Trinajstić information content (AvgIpc) is 2.93. The lowest BCUT2D eigenvalue weighted by Gasteiger charge is -2.12. The molecule has 37 heavy (non-hydrogen) atoms. The third kappa shape index (κ3) is 6.95. The number of rotatable bonds is 9. The zero-order valence-electron chi connectivity index (χ0n) is 20.2. The molecule has 0 radical (unpaired) electrons. The second kappa shape index (κ2) is 12.0. The molecule has 3 amide bonds. The molecular formula is C29H26N4O4. The van der Waals surface area contributed by atoms with Crippen LogP contribution in [0.1, 0.15) is 20.7 Å². The normalized spacial score (nSPS) is 10.2. The summed E-state index contributed by atoms with van der Waals surface area (Å²) in [5, 5.41) is 11.4. The van der Waals surface area contributed by atoms with Gasteiger partial charge in [0.1, 0.15) is 5.75 Å². The summed E-state index contributed by atoms with van der Waals surface area (Å²) >= 11 is 0. The molecule has 0 aliphatic rings. The maximum absolute atomic E-state index is 12.7. The Hall–Kier alpha value is -5.11. The number of hydrogen-bond acceptors (Lipinski definition) is 5. The van der Waals surface area contributed by atoms with E-state index < -0.39 is 0 Å². The van der Waals surface area contributed by atoms with Crippen molar-refractivity contribution >= 4 is 40.5 Å². The van der Waals surface area contributed by atoms with Gasteiger partial charge >= 0.3 is 0 Å². The van der Waals surface area contributed by atoms with E-state index in [-0.39, 0.29) is 24.3 Å². The molecule has 8 nitrogen and oxygen atoms in total. The zero-order chi connectivity index (χ0) is 26.0. The molecule has 0 atom stereocenters. The van der Waals surface area contributed by atoms with Crippen molar-refractivity contribution in [3.8, 4) is 5.75 Å². The summed E-state index contributed by atoms with van der Waals surface area (Å²) in [4.78, 5) is 37.8. The topological polar surface area (TPSA) is 109 Å². The van der Waals surface area contributed by atoms with E-state index in [1.807, 2.05) is 18.2 Å². The lowest BCUT2D eigenvalue weighted by Crippen LogP contribution is -2.24. The Bertz CT molecular complexity index is 1370. The number of para-hydroxylation sites is 2. The van der Waals surface area contributed by atoms with Crippen molar-refractivity contribution in [2.45, 2.75) is 0 Å². The van der Waals surface area contributed by atoms with Crippen molar-refractivity contribution in [1.82, 2.24) is 0 Å². The van der Waals surface area contributed by atoms with Crippen LogP contribution >= 0.6 is 0 Å². The number of benzene rings is 4. The molecule has 8 heteroatoms. The van der Waals surface area contributed by atoms with Crippen molar-refractivity contribution in [1.29, 1.82) is 0 Å². The number of nitrogens with one attached hydrogen (secondary N) is 4. The predicted molar refractivity (Wildman–Crippen MR) is 145 cm³/mol. The van der Waals surface area contributed by atoms with Gasteiger partial charge < -0.3 is 26.0 Å². The molecule has 0 heterocycles. The molecule has 0 fully saturated rings. The van der Waals surface area contributed by atoms with Gasteiger partial charge in [-0.2, -0.15) is 0 Å². The fourth-order valence-electron chi connectivity index (χ4n) is 3.50. The minimum Gasteiger partial charge on any atom is -0.497 e. The van der Waals surface area contributed by atoms with Crippen molar-refractivity contribution in [3.63, 3.8) is 0 Å². The highest BCUT2D eigenvalue weighted by Gasteiger charge is 2.13. The van der Waals surface area contributed by atoms with Gasteiger partial charge in [-0.3, -0.25) is 14.4 Å². The summed E-state index contributed by atoms with van der Waals surface area (Å²) in [6, 6.07) is 29.7. The maximum Gasteiger partial charge on any atom is 0.257 e. The summed E-state index contributed by atoms with van der Waals surface area (Å²) in [7, 11) is 1.58. The van der Waals surface area contributed by atoms with Crippen LogP contribution in [-0.4, -0.2) is 31.4 Å². The van der Waals surface area contributed by atoms with Crippen LogP contribution in [0.5, 0.6) is 5.75 Å². The summed E-state index contributed by atoms with van der Waals surface area (Å²) in [6.07, 6.45) is 0. The summed E-state index contributed by atoms with van der Waals surface area (Å²) in [6.45, 7) is -0.0218. The van der Waals surface area contributed by atoms with Gasteiger partial charge in [0, 0.05) is 22.6 Å². The molecule has 4 rings (SSSR count). The summed E-state index contributed by atoms with van der Waals surface area (Å²) < 4.78 is 5.12. The number of carbonyl (C=O) groups is 3. The van der Waals surface area contributed by atoms with E-state index in [1.165, 1.54) is 0 Å². The van der Waals surface area contributed by atoms with Gasteiger partial charge in [-0.05, 0) is 72.8 Å². The number of anilines is 4. The van der Waals surface area contributed by atoms with E-state index >= 15 is 0 Å². The van der Waals surface area contributed by atoms with E-state index in [0.29, 0.717) is 39.6 Å². The Morgan fingerprint density at radius 3 is 1.92 bits per heavy atom. The highest BCUT2D eigenvalue weighted by Crippen LogP contribution is 2.19. The Morgan fingerprint density at radius 2 is 1.22 bits per heavy atom. The summed E-state index contributed by atoms with van der Waals surface area (Å²) in [5.41, 5.74) is 3.23. The SMILES string of the molecule is COc1ccc(NC(=O)c2ccc(NCC(=O)Nc3ccccc3C(=O)Nc3ccccc3)cc2)cc1. The van der Waals surface area contributed by atoms with Crippen LogP contribution < -0.4 is 26.0 Å². The third-order valence-corrected chi connectivity index (χ3v) is 5.43. The first-order valence-corrected chi connectivity index (χ1v) is 11.6. The number of amides is 3. The largest absolute Gasteiger partial charge is 0.497 e. The number of hydrogen-bond donors (Lipinski definition) is 4. The lowest BCUT2D eigenvalue weighted by atomic mass is 10.1. The first kappa shape index (κ1) is 25.0. The molecule has 0 saturated carbocycles. The first-order chi connectivity index (χ1) is 18.0. The van der Waals surface area contributed by atoms with Gasteiger partial charge in [-0.25, -0.2) is 0 Å². The van der Waals surface area contributed by atoms with Crippen molar-refractivity contribution in [2.75, 3.05) is 34.9 Å². The van der Waals surface area contributed by atoms with Crippen LogP contribution in [0, 0.1) is 0 Å². The van der Waals surface area contributed by atoms with E-state index in [9.17, 15) is 14.4 Å². The van der Waals surface area contributed by atoms with Gasteiger partial charge in [-0.15, -0.1) is 0 Å². The molecule has 4 N–H and O–H groups in total. The van der Waals surface area contributed by atoms with Gasteiger partial charge in [0.25, 0.3) is 11.8 Å². The zero-order valence-corrected chi connectivity index (χ0v) is 20.2. The second-order valence-electron chi connectivity index (χ2n) is 8.03. The number of carbonyl (C=O) groups excluding carboxylic acids is 3. The van der Waals surface area contributed by atoms with Crippen molar-refractivity contribution < 1.29 is 19.1 Å². The molecule has 0 saturated heterocycles. The molecule has 0 unspecified atom stereocenters. The number of methoxy groups -OCH3 is 1. The van der Waals surface area contributed by atoms with Crippen LogP contribution in [0.15, 0.2) is 103 Å². The third-order valence-electron chi connectivity index (χ3n) is 5.43. The van der Waals surface area contributed by atoms with Crippen LogP contribution in [0.4, 0.5) is 22.7 Å². The molecule has 0 bridgehead atoms. The molecule has 186 valence electrons. The van der Waals surface area contributed by atoms with E-state index in [4.69, 9.17) is 4.74 Å². The molecule has 0 aromatic heterocycles. The molecule has 0 aliphatic heterocycles. The minimum atomic E-state index is -0.321. The molecule has 4 aromatic rings. The van der Waals surface area contributed by atoms with Crippen LogP contribution in [0.25, 0.3) is 0 Å². The van der Waals surface area contributed by atoms with Crippen LogP contribution in [-0.2, 0) is 4.79 Å². The highest BCUT2D eigenvalue weighted by molar-refractivity contribution is 6.10. The first-order valence-electron chi connectivity index (χ1n) is 11.6. The average molecular weight is 495 g/mol. The highest BCUT2D eigenvalue weighted by atomic mass is 16.5. The maximum atomic E-state index is 12.7. The molecular weight excluding hydrogens is 468 g/mol. The van der Waals surface area contributed by atoms with Crippen LogP contribution in [0.3, 0.4) is 0 Å². The Labute approximate surface area is 214 Å². The Kier molecular flexibility index (Phi) is 8.13. The van der Waals surface area contributed by atoms with Gasteiger partial charge in [-0.1, -0.05) is 30.3 Å². The Balaban J connectivity index is 1.30. The van der Waals surface area contributed by atoms with Crippen LogP contribution in [0.2, 0.25) is 0 Å². The second-order valence-corrected chi connectivity index (χ2v) is 8.03. The lowest BCUT2D eigenvalue weighted by molar-refractivity contribution is -0.114. The molecule has 0 spiro atoms. The van der Waals surface area contributed by atoms with E-state index in [2.05, 4.69) is 21.3 Å². The van der Waals surface area contributed by atoms with Gasteiger partial charge in [0.05, 0.1) is 24.9 Å². The smallest absolute Gasteiger partial charge is 0.257 e. The van der Waals surface area contributed by atoms with E-state index in [0.717, 1.165) is 0 Å². The standard InChI is InChI=1S/C29H26N4O4/c1-37-24-17-15-23(16-18-24)31-28(35)20-11-13-21(14-12-20)30-19-27(34)33-26-10-6-5-9-25(26)29(36)32-22-7-3-2-4-8-22/h2-18,30H,19H2,1H3,(H,31,35)(H,32,36)(H,33,34). The molecule has 0 aliphatic carbocycles. The Morgan fingerprint density at radius 1 is 0.622 bits per heavy atom. The van der Waals surface area contributed by atoms with Gasteiger partial charge in [0.15, 0.2) is 0 Å². The monoisotopic (exact) mass is 494 g/mol. The molecule has 4 aromatic carbocycles. The minimum absolute atomic E-state index is 0.0218. The van der Waals surface area contributed by atoms with Crippen molar-refractivity contribution in [3.05, 3.63) is 114 Å². The fraction of sp³-hybridized carbons (Fsp3) is 0.0690. The quantitative estimate of drug-likeness (QED) is 0.254. The van der Waals surface area contributed by atoms with Gasteiger partial charge in [0.2, 0.25) is 5.91 Å².